The molecule has 0 aliphatic heterocycles. The maximum absolute atomic E-state index is 14.0. The Morgan fingerprint density at radius 1 is 1.19 bits per heavy atom. The van der Waals surface area contributed by atoms with E-state index in [-0.39, 0.29) is 17.6 Å². The molecule has 1 atom stereocenters. The molecule has 0 amide bonds. The van der Waals surface area contributed by atoms with Crippen LogP contribution in [-0.4, -0.2) is 6.54 Å². The summed E-state index contributed by atoms with van der Waals surface area (Å²) >= 11 is 0. The number of benzene rings is 2. The second-order valence-electron chi connectivity index (χ2n) is 5.24. The maximum Gasteiger partial charge on any atom is 0.168 e. The van der Waals surface area contributed by atoms with Crippen molar-refractivity contribution < 1.29 is 9.13 Å². The number of aryl methyl sites for hydroxylation is 1. The molecule has 2 rings (SSSR count). The Kier molecular flexibility index (Phi) is 5.34. The van der Waals surface area contributed by atoms with E-state index in [0.29, 0.717) is 11.3 Å². The number of ether oxygens (including phenoxy) is 1. The van der Waals surface area contributed by atoms with Gasteiger partial charge in [-0.1, -0.05) is 31.2 Å². The van der Waals surface area contributed by atoms with Crippen molar-refractivity contribution in [2.45, 2.75) is 33.2 Å². The zero-order valence-electron chi connectivity index (χ0n) is 12.8. The lowest BCUT2D eigenvalue weighted by molar-refractivity contribution is 0.438. The zero-order valence-corrected chi connectivity index (χ0v) is 12.8. The van der Waals surface area contributed by atoms with Crippen LogP contribution >= 0.6 is 0 Å². The Morgan fingerprint density at radius 3 is 2.71 bits per heavy atom. The van der Waals surface area contributed by atoms with Crippen LogP contribution in [0.1, 0.15) is 37.4 Å². The second-order valence-corrected chi connectivity index (χ2v) is 5.24. The van der Waals surface area contributed by atoms with Crippen LogP contribution in [0.25, 0.3) is 0 Å². The largest absolute Gasteiger partial charge is 0.454 e. The summed E-state index contributed by atoms with van der Waals surface area (Å²) in [6.07, 6.45) is 1.09. The lowest BCUT2D eigenvalue weighted by atomic mass is 10.1. The van der Waals surface area contributed by atoms with Crippen LogP contribution in [0, 0.1) is 12.7 Å². The van der Waals surface area contributed by atoms with Gasteiger partial charge in [-0.2, -0.15) is 0 Å². The van der Waals surface area contributed by atoms with Crippen LogP contribution in [0.5, 0.6) is 11.5 Å². The fourth-order valence-electron chi connectivity index (χ4n) is 2.15. The third-order valence-electron chi connectivity index (χ3n) is 3.44. The van der Waals surface area contributed by atoms with E-state index >= 15 is 0 Å². The summed E-state index contributed by atoms with van der Waals surface area (Å²) in [6.45, 7) is 6.95. The molecule has 3 heteroatoms. The van der Waals surface area contributed by atoms with E-state index in [0.717, 1.165) is 18.5 Å². The van der Waals surface area contributed by atoms with Gasteiger partial charge in [-0.15, -0.1) is 0 Å². The normalized spacial score (nSPS) is 12.2. The minimum Gasteiger partial charge on any atom is -0.454 e. The van der Waals surface area contributed by atoms with Crippen molar-refractivity contribution in [3.63, 3.8) is 0 Å². The molecular formula is C18H22FNO. The van der Waals surface area contributed by atoms with Crippen molar-refractivity contribution in [2.75, 3.05) is 6.54 Å². The highest BCUT2D eigenvalue weighted by molar-refractivity contribution is 5.37. The second kappa shape index (κ2) is 7.23. The van der Waals surface area contributed by atoms with E-state index < -0.39 is 0 Å². The van der Waals surface area contributed by atoms with Gasteiger partial charge in [0.15, 0.2) is 11.6 Å². The molecule has 0 bridgehead atoms. The predicted octanol–water partition coefficient (Wildman–Crippen LogP) is 4.99. The van der Waals surface area contributed by atoms with Gasteiger partial charge in [0.25, 0.3) is 0 Å². The molecule has 0 aliphatic rings. The van der Waals surface area contributed by atoms with E-state index in [2.05, 4.69) is 19.2 Å². The summed E-state index contributed by atoms with van der Waals surface area (Å²) in [5.41, 5.74) is 1.72. The molecule has 2 aromatic carbocycles. The van der Waals surface area contributed by atoms with Crippen molar-refractivity contribution in [3.05, 3.63) is 59.4 Å². The van der Waals surface area contributed by atoms with Gasteiger partial charge in [0.2, 0.25) is 0 Å². The van der Waals surface area contributed by atoms with Crippen LogP contribution < -0.4 is 10.1 Å². The number of halogens is 1. The quantitative estimate of drug-likeness (QED) is 0.808. The molecular weight excluding hydrogens is 265 g/mol. The molecule has 0 aliphatic carbocycles. The van der Waals surface area contributed by atoms with Crippen molar-refractivity contribution in [3.8, 4) is 11.5 Å². The average molecular weight is 287 g/mol. The van der Waals surface area contributed by atoms with Gasteiger partial charge in [-0.25, -0.2) is 4.39 Å². The molecule has 0 heterocycles. The Labute approximate surface area is 126 Å². The molecule has 1 unspecified atom stereocenters. The molecule has 2 nitrogen and oxygen atoms in total. The first-order valence-corrected chi connectivity index (χ1v) is 7.38. The van der Waals surface area contributed by atoms with Crippen molar-refractivity contribution >= 4 is 0 Å². The number of rotatable bonds is 6. The van der Waals surface area contributed by atoms with Crippen LogP contribution in [0.3, 0.4) is 0 Å². The Balaban J connectivity index is 2.16. The van der Waals surface area contributed by atoms with Crippen LogP contribution in [0.4, 0.5) is 4.39 Å². The van der Waals surface area contributed by atoms with E-state index in [4.69, 9.17) is 4.74 Å². The zero-order chi connectivity index (χ0) is 15.2. The predicted molar refractivity (Wildman–Crippen MR) is 84.4 cm³/mol. The summed E-state index contributed by atoms with van der Waals surface area (Å²) in [5.74, 6) is 0.614. The highest BCUT2D eigenvalue weighted by Crippen LogP contribution is 2.27. The molecule has 1 N–H and O–H groups in total. The molecule has 0 radical (unpaired) electrons. The standard InChI is InChI=1S/C18H22FNO/c1-4-11-20-14(3)15-8-6-9-16(12-15)21-17-10-5-7-13(2)18(17)19/h5-10,12,14,20H,4,11H2,1-3H3. The van der Waals surface area contributed by atoms with Crippen molar-refractivity contribution in [1.82, 2.24) is 5.32 Å². The van der Waals surface area contributed by atoms with Gasteiger partial charge in [0, 0.05) is 6.04 Å². The van der Waals surface area contributed by atoms with Crippen LogP contribution in [-0.2, 0) is 0 Å². The molecule has 0 saturated heterocycles. The highest BCUT2D eigenvalue weighted by atomic mass is 19.1. The van der Waals surface area contributed by atoms with Crippen molar-refractivity contribution in [2.24, 2.45) is 0 Å². The fraction of sp³-hybridized carbons (Fsp3) is 0.333. The summed E-state index contributed by atoms with van der Waals surface area (Å²) in [4.78, 5) is 0. The van der Waals surface area contributed by atoms with Gasteiger partial charge >= 0.3 is 0 Å². The third-order valence-corrected chi connectivity index (χ3v) is 3.44. The number of hydrogen-bond acceptors (Lipinski definition) is 2. The summed E-state index contributed by atoms with van der Waals surface area (Å²) in [7, 11) is 0. The van der Waals surface area contributed by atoms with Gasteiger partial charge < -0.3 is 10.1 Å². The first-order valence-electron chi connectivity index (χ1n) is 7.38. The van der Waals surface area contributed by atoms with E-state index in [1.807, 2.05) is 24.3 Å². The average Bonchev–Trinajstić information content (AvgIpc) is 2.50. The van der Waals surface area contributed by atoms with Gasteiger partial charge in [0.05, 0.1) is 0 Å². The first kappa shape index (κ1) is 15.5. The monoisotopic (exact) mass is 287 g/mol. The molecule has 0 spiro atoms. The molecule has 0 saturated carbocycles. The summed E-state index contributed by atoms with van der Waals surface area (Å²) in [5, 5.41) is 3.43. The van der Waals surface area contributed by atoms with Gasteiger partial charge in [-0.3, -0.25) is 0 Å². The highest BCUT2D eigenvalue weighted by Gasteiger charge is 2.09. The van der Waals surface area contributed by atoms with Gasteiger partial charge in [-0.05, 0) is 56.1 Å². The smallest absolute Gasteiger partial charge is 0.168 e. The summed E-state index contributed by atoms with van der Waals surface area (Å²) in [6, 6.07) is 13.2. The topological polar surface area (TPSA) is 21.3 Å². The minimum atomic E-state index is -0.306. The minimum absolute atomic E-state index is 0.246. The van der Waals surface area contributed by atoms with E-state index in [9.17, 15) is 4.39 Å². The van der Waals surface area contributed by atoms with Crippen molar-refractivity contribution in [1.29, 1.82) is 0 Å². The lowest BCUT2D eigenvalue weighted by Crippen LogP contribution is -2.19. The third kappa shape index (κ3) is 4.05. The Hall–Kier alpha value is -1.87. The molecule has 112 valence electrons. The number of hydrogen-bond donors (Lipinski definition) is 1. The van der Waals surface area contributed by atoms with Crippen LogP contribution in [0.15, 0.2) is 42.5 Å². The molecule has 21 heavy (non-hydrogen) atoms. The Bertz CT molecular complexity index is 598. The lowest BCUT2D eigenvalue weighted by Gasteiger charge is -2.15. The Morgan fingerprint density at radius 2 is 1.95 bits per heavy atom. The fourth-order valence-corrected chi connectivity index (χ4v) is 2.15. The first-order chi connectivity index (χ1) is 10.1. The number of nitrogens with one attached hydrogen (secondary N) is 1. The molecule has 0 aromatic heterocycles. The molecule has 0 fully saturated rings. The van der Waals surface area contributed by atoms with Gasteiger partial charge in [0.1, 0.15) is 5.75 Å². The van der Waals surface area contributed by atoms with E-state index in [1.165, 1.54) is 0 Å². The molecule has 2 aromatic rings. The van der Waals surface area contributed by atoms with Crippen LogP contribution in [0.2, 0.25) is 0 Å². The summed E-state index contributed by atoms with van der Waals surface area (Å²) < 4.78 is 19.7. The van der Waals surface area contributed by atoms with E-state index in [1.54, 1.807) is 25.1 Å². The maximum atomic E-state index is 14.0. The SMILES string of the molecule is CCCNC(C)c1cccc(Oc2cccc(C)c2F)c1.